The average molecular weight is 477 g/mol. The molecule has 0 saturated carbocycles. The number of hydrogen-bond donors (Lipinski definition) is 3. The maximum atomic E-state index is 12.4. The molecule has 0 bridgehead atoms. The first-order valence-corrected chi connectivity index (χ1v) is 11.2. The Labute approximate surface area is 193 Å². The number of likely N-dealkylation sites (N-methyl/N-ethyl adjacent to an activating group) is 1. The van der Waals surface area contributed by atoms with Crippen LogP contribution in [0.4, 0.5) is 0 Å². The van der Waals surface area contributed by atoms with Gasteiger partial charge in [-0.2, -0.15) is 0 Å². The number of halogens is 1. The quantitative estimate of drug-likeness (QED) is 0.288. The molecule has 0 aromatic rings. The van der Waals surface area contributed by atoms with Crippen molar-refractivity contribution in [3.05, 3.63) is 10.6 Å². The first kappa shape index (κ1) is 25.9. The van der Waals surface area contributed by atoms with Gasteiger partial charge in [0.1, 0.15) is 0 Å². The number of rotatable bonds is 8. The number of carbonyl (C=O) groups is 3. The van der Waals surface area contributed by atoms with Crippen LogP contribution in [0.25, 0.3) is 0 Å². The summed E-state index contributed by atoms with van der Waals surface area (Å²) >= 11 is 1.41. The normalized spacial score (nSPS) is 31.1. The topological polar surface area (TPSA) is 122 Å². The molecule has 0 aromatic heterocycles. The lowest BCUT2D eigenvalue weighted by atomic mass is 9.79. The highest BCUT2D eigenvalue weighted by Gasteiger charge is 2.59. The third kappa shape index (κ3) is 5.19. The summed E-state index contributed by atoms with van der Waals surface area (Å²) in [6.45, 7) is 5.43. The monoisotopic (exact) mass is 476 g/mol. The van der Waals surface area contributed by atoms with E-state index in [1.54, 1.807) is 6.92 Å². The SMILES string of the molecule is C[C@@H](O)[C@H]1C(=O)N2C(C(=O)[O-])=C(S[C@@H]3CN[C@H](C(=O)NCC[N+](C)(C)C)C3)[C@H](C)[C@H]12.Cl. The van der Waals surface area contributed by atoms with Gasteiger partial charge in [-0.25, -0.2) is 0 Å². The molecule has 31 heavy (non-hydrogen) atoms. The molecular weight excluding hydrogens is 444 g/mol. The van der Waals surface area contributed by atoms with Gasteiger partial charge in [0.2, 0.25) is 11.8 Å². The number of carboxylic acids is 1. The van der Waals surface area contributed by atoms with Crippen molar-refractivity contribution in [1.29, 1.82) is 0 Å². The van der Waals surface area contributed by atoms with Crippen LogP contribution in [0.2, 0.25) is 0 Å². The summed E-state index contributed by atoms with van der Waals surface area (Å²) in [5.41, 5.74) is -0.0738. The molecule has 2 saturated heterocycles. The third-order valence-electron chi connectivity index (χ3n) is 6.08. The first-order chi connectivity index (χ1) is 13.9. The Balaban J connectivity index is 0.00000341. The van der Waals surface area contributed by atoms with E-state index in [0.29, 0.717) is 24.4 Å². The summed E-state index contributed by atoms with van der Waals surface area (Å²) in [6, 6.07) is -0.667. The number of amides is 2. The molecule has 176 valence electrons. The molecule has 3 heterocycles. The fraction of sp³-hybridized carbons (Fsp3) is 0.750. The molecule has 0 aromatic carbocycles. The van der Waals surface area contributed by atoms with Crippen LogP contribution in [-0.2, 0) is 14.4 Å². The minimum absolute atomic E-state index is 0. The number of aliphatic carboxylic acids is 1. The smallest absolute Gasteiger partial charge is 0.237 e. The van der Waals surface area contributed by atoms with Crippen LogP contribution in [0, 0.1) is 11.8 Å². The lowest BCUT2D eigenvalue weighted by Gasteiger charge is -2.47. The predicted molar refractivity (Wildman–Crippen MR) is 118 cm³/mol. The van der Waals surface area contributed by atoms with Crippen LogP contribution >= 0.6 is 24.2 Å². The van der Waals surface area contributed by atoms with E-state index < -0.39 is 18.0 Å². The van der Waals surface area contributed by atoms with Gasteiger partial charge in [0.05, 0.1) is 70.0 Å². The van der Waals surface area contributed by atoms with E-state index in [1.807, 2.05) is 6.92 Å². The van der Waals surface area contributed by atoms with Crippen LogP contribution in [0.1, 0.15) is 20.3 Å². The Morgan fingerprint density at radius 2 is 2.03 bits per heavy atom. The van der Waals surface area contributed by atoms with Crippen LogP contribution in [0.15, 0.2) is 10.6 Å². The summed E-state index contributed by atoms with van der Waals surface area (Å²) < 4.78 is 0.763. The van der Waals surface area contributed by atoms with E-state index in [1.165, 1.54) is 16.7 Å². The van der Waals surface area contributed by atoms with E-state index in [0.717, 1.165) is 11.0 Å². The van der Waals surface area contributed by atoms with Gasteiger partial charge in [-0.05, 0) is 13.3 Å². The molecule has 11 heteroatoms. The highest BCUT2D eigenvalue weighted by molar-refractivity contribution is 8.03. The zero-order valence-electron chi connectivity index (χ0n) is 18.6. The number of carboxylic acid groups (broad SMARTS) is 1. The molecule has 2 amide bonds. The van der Waals surface area contributed by atoms with Gasteiger partial charge in [-0.1, -0.05) is 6.92 Å². The van der Waals surface area contributed by atoms with Crippen molar-refractivity contribution in [2.75, 3.05) is 40.8 Å². The number of fused-ring (bicyclic) bond motifs is 1. The van der Waals surface area contributed by atoms with E-state index >= 15 is 0 Å². The van der Waals surface area contributed by atoms with Gasteiger partial charge in [0, 0.05) is 22.6 Å². The molecule has 0 radical (unpaired) electrons. The maximum Gasteiger partial charge on any atom is 0.237 e. The fourth-order valence-corrected chi connectivity index (χ4v) is 5.95. The van der Waals surface area contributed by atoms with Crippen LogP contribution in [0.3, 0.4) is 0 Å². The number of β-lactam (4-membered cyclic amide) rings is 1. The molecule has 3 aliphatic rings. The van der Waals surface area contributed by atoms with Gasteiger partial charge in [-0.15, -0.1) is 24.2 Å². The largest absolute Gasteiger partial charge is 0.543 e. The lowest BCUT2D eigenvalue weighted by Crippen LogP contribution is -2.64. The number of nitrogens with one attached hydrogen (secondary N) is 2. The molecule has 3 aliphatic heterocycles. The Morgan fingerprint density at radius 3 is 2.58 bits per heavy atom. The van der Waals surface area contributed by atoms with E-state index in [4.69, 9.17) is 0 Å². The summed E-state index contributed by atoms with van der Waals surface area (Å²) in [5, 5.41) is 27.9. The molecule has 6 atom stereocenters. The zero-order valence-corrected chi connectivity index (χ0v) is 20.2. The highest BCUT2D eigenvalue weighted by atomic mass is 35.5. The number of nitrogens with zero attached hydrogens (tertiary/aromatic N) is 2. The van der Waals surface area contributed by atoms with Crippen molar-refractivity contribution >= 4 is 42.0 Å². The number of aliphatic hydroxyl groups is 1. The summed E-state index contributed by atoms with van der Waals surface area (Å²) in [7, 11) is 6.19. The van der Waals surface area contributed by atoms with Gasteiger partial charge in [0.25, 0.3) is 0 Å². The Hall–Kier alpha value is -1.33. The van der Waals surface area contributed by atoms with Crippen molar-refractivity contribution in [1.82, 2.24) is 15.5 Å². The summed E-state index contributed by atoms with van der Waals surface area (Å²) in [4.78, 5) is 38.5. The zero-order chi connectivity index (χ0) is 22.4. The molecular formula is C20H33ClN4O5S. The van der Waals surface area contributed by atoms with Gasteiger partial charge in [-0.3, -0.25) is 9.59 Å². The Morgan fingerprint density at radius 1 is 1.39 bits per heavy atom. The van der Waals surface area contributed by atoms with E-state index in [2.05, 4.69) is 31.8 Å². The molecule has 3 N–H and O–H groups in total. The average Bonchev–Trinajstić information content (AvgIpc) is 3.16. The van der Waals surface area contributed by atoms with Gasteiger partial charge >= 0.3 is 0 Å². The number of thioether (sulfide) groups is 1. The van der Waals surface area contributed by atoms with Crippen LogP contribution in [0.5, 0.6) is 0 Å². The van der Waals surface area contributed by atoms with Crippen molar-refractivity contribution in [3.63, 3.8) is 0 Å². The van der Waals surface area contributed by atoms with Crippen molar-refractivity contribution in [2.24, 2.45) is 11.8 Å². The first-order valence-electron chi connectivity index (χ1n) is 10.4. The fourth-order valence-electron chi connectivity index (χ4n) is 4.48. The third-order valence-corrected chi connectivity index (χ3v) is 7.60. The summed E-state index contributed by atoms with van der Waals surface area (Å²) in [5.74, 6) is -2.57. The molecule has 0 unspecified atom stereocenters. The Bertz CT molecular complexity index is 769. The number of quaternary nitrogens is 1. The lowest BCUT2D eigenvalue weighted by molar-refractivity contribution is -0.869. The Kier molecular flexibility index (Phi) is 8.08. The molecule has 3 rings (SSSR count). The second-order valence-electron chi connectivity index (χ2n) is 9.50. The van der Waals surface area contributed by atoms with Crippen LogP contribution in [-0.4, -0.2) is 96.5 Å². The minimum atomic E-state index is -1.37. The standard InChI is InChI=1S/C20H32N4O5S.ClH/c1-10-15-14(11(2)25)19(27)23(15)16(20(28)29)17(10)30-12-8-13(22-9-12)18(26)21-6-7-24(3,4)5;/h10-15,22,25H,6-9H2,1-5H3,(H-,21,26,28,29);1H/t10-,11-,12+,13+,14-,15-;/m1./s1. The van der Waals surface area contributed by atoms with Crippen molar-refractivity contribution in [3.8, 4) is 0 Å². The van der Waals surface area contributed by atoms with Gasteiger partial charge < -0.3 is 35.0 Å². The molecule has 0 spiro atoms. The number of aliphatic hydroxyl groups excluding tert-OH is 1. The second-order valence-corrected chi connectivity index (χ2v) is 10.8. The van der Waals surface area contributed by atoms with Crippen molar-refractivity contribution < 1.29 is 29.1 Å². The summed E-state index contributed by atoms with van der Waals surface area (Å²) in [6.07, 6.45) is -0.253. The van der Waals surface area contributed by atoms with E-state index in [9.17, 15) is 24.6 Å². The predicted octanol–water partition coefficient (Wildman–Crippen LogP) is -1.49. The number of hydrogen-bond acceptors (Lipinski definition) is 7. The maximum absolute atomic E-state index is 12.4. The molecule has 0 aliphatic carbocycles. The molecule has 9 nitrogen and oxygen atoms in total. The van der Waals surface area contributed by atoms with Gasteiger partial charge in [0.15, 0.2) is 0 Å². The van der Waals surface area contributed by atoms with Crippen molar-refractivity contribution in [2.45, 2.75) is 43.7 Å². The molecule has 2 fully saturated rings. The highest BCUT2D eigenvalue weighted by Crippen LogP contribution is 2.51. The van der Waals surface area contributed by atoms with Crippen LogP contribution < -0.4 is 15.7 Å². The second kappa shape index (κ2) is 9.66. The minimum Gasteiger partial charge on any atom is -0.543 e. The van der Waals surface area contributed by atoms with E-state index in [-0.39, 0.29) is 53.2 Å². The number of carbonyl (C=O) groups excluding carboxylic acids is 3.